The van der Waals surface area contributed by atoms with Crippen molar-refractivity contribution in [3.63, 3.8) is 0 Å². The first-order chi connectivity index (χ1) is 11.8. The van der Waals surface area contributed by atoms with E-state index in [0.29, 0.717) is 17.7 Å². The van der Waals surface area contributed by atoms with Gasteiger partial charge in [-0.2, -0.15) is 0 Å². The van der Waals surface area contributed by atoms with Crippen molar-refractivity contribution in [1.29, 1.82) is 0 Å². The second-order valence-electron chi connectivity index (χ2n) is 7.69. The lowest BCUT2D eigenvalue weighted by molar-refractivity contribution is -0.123. The van der Waals surface area contributed by atoms with Gasteiger partial charge in [-0.15, -0.1) is 0 Å². The summed E-state index contributed by atoms with van der Waals surface area (Å²) in [6.45, 7) is 0.912. The Bertz CT molecular complexity index is 782. The molecule has 1 aliphatic carbocycles. The normalized spacial score (nSPS) is 27.8. The number of para-hydroxylation sites is 1. The zero-order valence-corrected chi connectivity index (χ0v) is 13.9. The van der Waals surface area contributed by atoms with E-state index in [0.717, 1.165) is 38.6 Å². The van der Waals surface area contributed by atoms with Gasteiger partial charge in [-0.3, -0.25) is 4.79 Å². The second kappa shape index (κ2) is 5.47. The zero-order valence-electron chi connectivity index (χ0n) is 13.9. The van der Waals surface area contributed by atoms with Crippen LogP contribution in [0, 0.1) is 11.8 Å². The molecule has 2 heteroatoms. The van der Waals surface area contributed by atoms with Crippen molar-refractivity contribution < 1.29 is 4.79 Å². The highest BCUT2D eigenvalue weighted by molar-refractivity contribution is 6.00. The van der Waals surface area contributed by atoms with Crippen molar-refractivity contribution in [3.05, 3.63) is 65.2 Å². The fourth-order valence-electron chi connectivity index (χ4n) is 5.28. The minimum Gasteiger partial charge on any atom is -0.312 e. The quantitative estimate of drug-likeness (QED) is 0.807. The van der Waals surface area contributed by atoms with Gasteiger partial charge in [0.05, 0.1) is 5.69 Å². The van der Waals surface area contributed by atoms with Crippen molar-refractivity contribution in [3.8, 4) is 0 Å². The van der Waals surface area contributed by atoms with Crippen LogP contribution in [-0.4, -0.2) is 12.5 Å². The summed E-state index contributed by atoms with van der Waals surface area (Å²) in [5, 5.41) is 0. The predicted octanol–water partition coefficient (Wildman–Crippen LogP) is 4.33. The van der Waals surface area contributed by atoms with E-state index >= 15 is 0 Å². The van der Waals surface area contributed by atoms with Gasteiger partial charge in [0, 0.05) is 12.5 Å². The number of fused-ring (bicyclic) bond motifs is 2. The highest BCUT2D eigenvalue weighted by atomic mass is 16.2. The first-order valence-corrected chi connectivity index (χ1v) is 9.28. The molecule has 24 heavy (non-hydrogen) atoms. The van der Waals surface area contributed by atoms with E-state index in [-0.39, 0.29) is 5.92 Å². The molecule has 0 saturated heterocycles. The lowest BCUT2D eigenvalue weighted by Crippen LogP contribution is -2.44. The molecule has 1 amide bonds. The molecule has 3 atom stereocenters. The van der Waals surface area contributed by atoms with Gasteiger partial charge in [0.2, 0.25) is 5.91 Å². The van der Waals surface area contributed by atoms with Crippen LogP contribution in [0.5, 0.6) is 0 Å². The Morgan fingerprint density at radius 2 is 1.79 bits per heavy atom. The molecule has 0 spiro atoms. The van der Waals surface area contributed by atoms with Crippen molar-refractivity contribution in [2.24, 2.45) is 11.8 Å². The molecule has 3 aliphatic rings. The molecule has 2 aliphatic heterocycles. The van der Waals surface area contributed by atoms with Crippen molar-refractivity contribution in [2.75, 3.05) is 11.4 Å². The van der Waals surface area contributed by atoms with Crippen LogP contribution in [-0.2, 0) is 17.6 Å². The molecule has 0 N–H and O–H groups in total. The summed E-state index contributed by atoms with van der Waals surface area (Å²) in [5.41, 5.74) is 5.52. The third-order valence-corrected chi connectivity index (χ3v) is 6.26. The first-order valence-electron chi connectivity index (χ1n) is 9.28. The van der Waals surface area contributed by atoms with E-state index in [1.165, 1.54) is 22.4 Å². The predicted molar refractivity (Wildman–Crippen MR) is 96.2 cm³/mol. The molecule has 5 rings (SSSR count). The number of carbonyl (C=O) groups is 1. The SMILES string of the molecule is O=C1C2CC(Cc3ccccc3)CC2c2cccc3c2N1CCC3. The molecule has 1 saturated carbocycles. The van der Waals surface area contributed by atoms with Crippen LogP contribution in [0.25, 0.3) is 0 Å². The second-order valence-corrected chi connectivity index (χ2v) is 7.69. The van der Waals surface area contributed by atoms with Crippen LogP contribution in [0.15, 0.2) is 48.5 Å². The number of anilines is 1. The van der Waals surface area contributed by atoms with Gasteiger partial charge in [0.1, 0.15) is 0 Å². The monoisotopic (exact) mass is 317 g/mol. The Morgan fingerprint density at radius 1 is 0.958 bits per heavy atom. The third-order valence-electron chi connectivity index (χ3n) is 6.26. The van der Waals surface area contributed by atoms with Gasteiger partial charge >= 0.3 is 0 Å². The van der Waals surface area contributed by atoms with Gasteiger partial charge in [-0.1, -0.05) is 48.5 Å². The topological polar surface area (TPSA) is 20.3 Å². The largest absolute Gasteiger partial charge is 0.312 e. The summed E-state index contributed by atoms with van der Waals surface area (Å²) in [5.74, 6) is 1.67. The summed E-state index contributed by atoms with van der Waals surface area (Å²) < 4.78 is 0. The summed E-state index contributed by atoms with van der Waals surface area (Å²) in [7, 11) is 0. The number of hydrogen-bond donors (Lipinski definition) is 0. The lowest BCUT2D eigenvalue weighted by Gasteiger charge is -2.40. The summed E-state index contributed by atoms with van der Waals surface area (Å²) >= 11 is 0. The van der Waals surface area contributed by atoms with Crippen LogP contribution in [0.2, 0.25) is 0 Å². The van der Waals surface area contributed by atoms with Gasteiger partial charge in [0.15, 0.2) is 0 Å². The van der Waals surface area contributed by atoms with E-state index < -0.39 is 0 Å². The highest BCUT2D eigenvalue weighted by Gasteiger charge is 2.47. The van der Waals surface area contributed by atoms with Crippen LogP contribution < -0.4 is 4.90 Å². The van der Waals surface area contributed by atoms with Gasteiger partial charge in [0.25, 0.3) is 0 Å². The Morgan fingerprint density at radius 3 is 2.67 bits per heavy atom. The standard InChI is InChI=1S/C22H23NO/c24-22-20-14-16(12-15-6-2-1-3-7-15)13-19(20)18-10-4-8-17-9-5-11-23(22)21(17)18/h1-4,6-8,10,16,19-20H,5,9,11-14H2. The third kappa shape index (κ3) is 2.12. The maximum absolute atomic E-state index is 13.1. The molecule has 2 aromatic rings. The molecule has 2 nitrogen and oxygen atoms in total. The van der Waals surface area contributed by atoms with E-state index in [2.05, 4.69) is 53.4 Å². The Hall–Kier alpha value is -2.09. The fourth-order valence-corrected chi connectivity index (χ4v) is 5.28. The average Bonchev–Trinajstić information content (AvgIpc) is 3.04. The van der Waals surface area contributed by atoms with Crippen LogP contribution in [0.3, 0.4) is 0 Å². The van der Waals surface area contributed by atoms with Crippen LogP contribution in [0.4, 0.5) is 5.69 Å². The smallest absolute Gasteiger partial charge is 0.230 e. The van der Waals surface area contributed by atoms with Crippen LogP contribution >= 0.6 is 0 Å². The molecule has 2 aromatic carbocycles. The van der Waals surface area contributed by atoms with Crippen molar-refractivity contribution in [1.82, 2.24) is 0 Å². The maximum atomic E-state index is 13.1. The van der Waals surface area contributed by atoms with E-state index in [1.807, 2.05) is 0 Å². The van der Waals surface area contributed by atoms with E-state index in [9.17, 15) is 4.79 Å². The minimum absolute atomic E-state index is 0.208. The number of benzene rings is 2. The molecule has 122 valence electrons. The Labute approximate surface area is 143 Å². The average molecular weight is 317 g/mol. The summed E-state index contributed by atoms with van der Waals surface area (Å²) in [4.78, 5) is 15.2. The number of carbonyl (C=O) groups excluding carboxylic acids is 1. The fraction of sp³-hybridized carbons (Fsp3) is 0.409. The number of nitrogens with zero attached hydrogens (tertiary/aromatic N) is 1. The van der Waals surface area contributed by atoms with Crippen LogP contribution in [0.1, 0.15) is 41.9 Å². The van der Waals surface area contributed by atoms with Crippen molar-refractivity contribution in [2.45, 2.75) is 38.0 Å². The van der Waals surface area contributed by atoms with E-state index in [1.54, 1.807) is 0 Å². The lowest BCUT2D eigenvalue weighted by atomic mass is 9.80. The van der Waals surface area contributed by atoms with Crippen molar-refractivity contribution >= 4 is 11.6 Å². The summed E-state index contributed by atoms with van der Waals surface area (Å²) in [6.07, 6.45) is 5.55. The molecular weight excluding hydrogens is 294 g/mol. The summed E-state index contributed by atoms with van der Waals surface area (Å²) in [6, 6.07) is 17.5. The molecule has 1 fully saturated rings. The first kappa shape index (κ1) is 14.3. The number of aryl methyl sites for hydroxylation is 1. The Kier molecular flexibility index (Phi) is 3.26. The van der Waals surface area contributed by atoms with E-state index in [4.69, 9.17) is 0 Å². The molecular formula is C22H23NO. The van der Waals surface area contributed by atoms with Gasteiger partial charge in [-0.25, -0.2) is 0 Å². The molecule has 2 heterocycles. The zero-order chi connectivity index (χ0) is 16.1. The molecule has 0 bridgehead atoms. The molecule has 0 aromatic heterocycles. The van der Waals surface area contributed by atoms with Gasteiger partial charge in [-0.05, 0) is 60.6 Å². The molecule has 0 radical (unpaired) electrons. The Balaban J connectivity index is 1.48. The number of hydrogen-bond acceptors (Lipinski definition) is 1. The maximum Gasteiger partial charge on any atom is 0.230 e. The minimum atomic E-state index is 0.208. The number of amides is 1. The number of rotatable bonds is 2. The van der Waals surface area contributed by atoms with Gasteiger partial charge < -0.3 is 4.90 Å². The highest BCUT2D eigenvalue weighted by Crippen LogP contribution is 2.52. The molecule has 3 unspecified atom stereocenters.